The monoisotopic (exact) mass is 366 g/mol. The van der Waals surface area contributed by atoms with E-state index in [0.29, 0.717) is 17.6 Å². The number of pyridine rings is 1. The molecule has 3 aromatic rings. The molecule has 1 atom stereocenters. The molecule has 0 bridgehead atoms. The van der Waals surface area contributed by atoms with Crippen molar-refractivity contribution in [2.75, 3.05) is 7.11 Å². The smallest absolute Gasteiger partial charge is 0.267 e. The van der Waals surface area contributed by atoms with E-state index in [9.17, 15) is 8.42 Å². The SMILES string of the molecule is COC1C=CC(S(=O)(=O)n2ccc3ccnc(-c4ccccc4)c32)=CC1. The second kappa shape index (κ2) is 6.55. The van der Waals surface area contributed by atoms with Crippen molar-refractivity contribution in [1.82, 2.24) is 8.96 Å². The maximum Gasteiger partial charge on any atom is 0.267 e. The van der Waals surface area contributed by atoms with E-state index in [1.807, 2.05) is 36.4 Å². The van der Waals surface area contributed by atoms with Gasteiger partial charge in [-0.2, -0.15) is 0 Å². The molecule has 0 saturated heterocycles. The first-order chi connectivity index (χ1) is 12.6. The van der Waals surface area contributed by atoms with Gasteiger partial charge in [0.05, 0.1) is 22.2 Å². The van der Waals surface area contributed by atoms with Gasteiger partial charge in [0.2, 0.25) is 0 Å². The van der Waals surface area contributed by atoms with Gasteiger partial charge in [0.25, 0.3) is 10.0 Å². The molecule has 5 nitrogen and oxygen atoms in total. The van der Waals surface area contributed by atoms with Crippen molar-refractivity contribution in [3.63, 3.8) is 0 Å². The predicted molar refractivity (Wildman–Crippen MR) is 102 cm³/mol. The maximum absolute atomic E-state index is 13.2. The van der Waals surface area contributed by atoms with Crippen molar-refractivity contribution in [3.05, 3.63) is 78.0 Å². The highest BCUT2D eigenvalue weighted by atomic mass is 32.2. The van der Waals surface area contributed by atoms with Gasteiger partial charge >= 0.3 is 0 Å². The van der Waals surface area contributed by atoms with Crippen LogP contribution < -0.4 is 0 Å². The Kier molecular flexibility index (Phi) is 4.22. The third-order valence-electron chi connectivity index (χ3n) is 4.50. The standard InChI is InChI=1S/C20H18N2O3S/c1-25-17-7-9-18(10-8-17)26(23,24)22-14-12-16-11-13-21-19(20(16)22)15-5-3-2-4-6-15/h2-7,9-14,17H,8H2,1H3. The first-order valence-corrected chi connectivity index (χ1v) is 9.73. The number of aromatic nitrogens is 2. The van der Waals surface area contributed by atoms with Crippen LogP contribution in [0.1, 0.15) is 6.42 Å². The molecule has 26 heavy (non-hydrogen) atoms. The highest BCUT2D eigenvalue weighted by Crippen LogP contribution is 2.30. The van der Waals surface area contributed by atoms with Crippen LogP contribution >= 0.6 is 0 Å². The number of hydrogen-bond acceptors (Lipinski definition) is 4. The minimum atomic E-state index is -3.71. The van der Waals surface area contributed by atoms with Crippen LogP contribution in [0.5, 0.6) is 0 Å². The van der Waals surface area contributed by atoms with Crippen LogP contribution in [0.15, 0.2) is 78.0 Å². The van der Waals surface area contributed by atoms with Crippen molar-refractivity contribution in [3.8, 4) is 11.3 Å². The van der Waals surface area contributed by atoms with Crippen molar-refractivity contribution < 1.29 is 13.2 Å². The molecule has 0 N–H and O–H groups in total. The van der Waals surface area contributed by atoms with Gasteiger partial charge in [-0.15, -0.1) is 0 Å². The summed E-state index contributed by atoms with van der Waals surface area (Å²) in [5, 5.41) is 0.831. The summed E-state index contributed by atoms with van der Waals surface area (Å²) in [5.41, 5.74) is 2.11. The Morgan fingerprint density at radius 3 is 2.65 bits per heavy atom. The van der Waals surface area contributed by atoms with Crippen LogP contribution in [0.25, 0.3) is 22.2 Å². The summed E-state index contributed by atoms with van der Waals surface area (Å²) >= 11 is 0. The fourth-order valence-electron chi connectivity index (χ4n) is 3.13. The molecule has 0 aliphatic heterocycles. The number of allylic oxidation sites excluding steroid dienone is 1. The predicted octanol–water partition coefficient (Wildman–Crippen LogP) is 3.74. The molecule has 1 aliphatic carbocycles. The molecular weight excluding hydrogens is 348 g/mol. The Bertz CT molecular complexity index is 1110. The molecule has 1 aliphatic rings. The molecule has 1 aromatic carbocycles. The van der Waals surface area contributed by atoms with Gasteiger partial charge in [-0.1, -0.05) is 42.5 Å². The molecule has 132 valence electrons. The van der Waals surface area contributed by atoms with Crippen LogP contribution in [0.2, 0.25) is 0 Å². The first kappa shape index (κ1) is 16.8. The summed E-state index contributed by atoms with van der Waals surface area (Å²) in [6.45, 7) is 0. The number of rotatable bonds is 4. The molecule has 0 amide bonds. The van der Waals surface area contributed by atoms with Gasteiger partial charge in [-0.3, -0.25) is 4.98 Å². The molecule has 6 heteroatoms. The molecule has 1 unspecified atom stereocenters. The Balaban J connectivity index is 1.88. The third-order valence-corrected chi connectivity index (χ3v) is 6.22. The third kappa shape index (κ3) is 2.77. The van der Waals surface area contributed by atoms with E-state index in [-0.39, 0.29) is 11.0 Å². The average molecular weight is 366 g/mol. The minimum Gasteiger partial charge on any atom is -0.377 e. The summed E-state index contributed by atoms with van der Waals surface area (Å²) in [6, 6.07) is 13.2. The normalized spacial score (nSPS) is 17.4. The summed E-state index contributed by atoms with van der Waals surface area (Å²) in [4.78, 5) is 4.72. The highest BCUT2D eigenvalue weighted by molar-refractivity contribution is 7.94. The van der Waals surface area contributed by atoms with Crippen molar-refractivity contribution in [2.45, 2.75) is 12.5 Å². The van der Waals surface area contributed by atoms with Crippen LogP contribution in [0, 0.1) is 0 Å². The van der Waals surface area contributed by atoms with Crippen LogP contribution in [-0.4, -0.2) is 30.6 Å². The number of hydrogen-bond donors (Lipinski definition) is 0. The number of nitrogens with zero attached hydrogens (tertiary/aromatic N) is 2. The van der Waals surface area contributed by atoms with Gasteiger partial charge in [-0.25, -0.2) is 12.4 Å². The Morgan fingerprint density at radius 1 is 1.15 bits per heavy atom. The highest BCUT2D eigenvalue weighted by Gasteiger charge is 2.24. The molecule has 0 radical (unpaired) electrons. The minimum absolute atomic E-state index is 0.0862. The number of ether oxygens (including phenoxy) is 1. The Labute approximate surface area is 152 Å². The van der Waals surface area contributed by atoms with E-state index in [0.717, 1.165) is 10.9 Å². The lowest BCUT2D eigenvalue weighted by Gasteiger charge is -2.16. The Hall–Kier alpha value is -2.70. The van der Waals surface area contributed by atoms with E-state index in [1.165, 1.54) is 3.97 Å². The van der Waals surface area contributed by atoms with Crippen molar-refractivity contribution >= 4 is 20.9 Å². The lowest BCUT2D eigenvalue weighted by molar-refractivity contribution is 0.142. The summed E-state index contributed by atoms with van der Waals surface area (Å²) in [6.07, 6.45) is 8.82. The maximum atomic E-state index is 13.2. The average Bonchev–Trinajstić information content (AvgIpc) is 3.14. The zero-order chi connectivity index (χ0) is 18.1. The van der Waals surface area contributed by atoms with E-state index >= 15 is 0 Å². The van der Waals surface area contributed by atoms with E-state index in [2.05, 4.69) is 4.98 Å². The van der Waals surface area contributed by atoms with Gasteiger partial charge < -0.3 is 4.74 Å². The fourth-order valence-corrected chi connectivity index (χ4v) is 4.56. The molecule has 0 spiro atoms. The lowest BCUT2D eigenvalue weighted by atomic mass is 10.1. The van der Waals surface area contributed by atoms with E-state index in [4.69, 9.17) is 4.74 Å². The number of benzene rings is 1. The zero-order valence-corrected chi connectivity index (χ0v) is 15.1. The number of methoxy groups -OCH3 is 1. The van der Waals surface area contributed by atoms with Crippen LogP contribution in [0.3, 0.4) is 0 Å². The van der Waals surface area contributed by atoms with E-state index < -0.39 is 10.0 Å². The van der Waals surface area contributed by atoms with E-state index in [1.54, 1.807) is 43.8 Å². The van der Waals surface area contributed by atoms with Crippen LogP contribution in [-0.2, 0) is 14.8 Å². The molecular formula is C20H18N2O3S. The van der Waals surface area contributed by atoms with Crippen molar-refractivity contribution in [1.29, 1.82) is 0 Å². The summed E-state index contributed by atoms with van der Waals surface area (Å²) in [5.74, 6) is 0. The topological polar surface area (TPSA) is 61.2 Å². The Morgan fingerprint density at radius 2 is 1.96 bits per heavy atom. The van der Waals surface area contributed by atoms with Crippen LogP contribution in [0.4, 0.5) is 0 Å². The van der Waals surface area contributed by atoms with Gasteiger partial charge in [0.1, 0.15) is 0 Å². The second-order valence-electron chi connectivity index (χ2n) is 6.06. The van der Waals surface area contributed by atoms with Gasteiger partial charge in [0.15, 0.2) is 0 Å². The van der Waals surface area contributed by atoms with Gasteiger partial charge in [-0.05, 0) is 24.6 Å². The lowest BCUT2D eigenvalue weighted by Crippen LogP contribution is -2.17. The second-order valence-corrected chi connectivity index (χ2v) is 7.87. The fraction of sp³-hybridized carbons (Fsp3) is 0.150. The van der Waals surface area contributed by atoms with Gasteiger partial charge in [0, 0.05) is 30.5 Å². The molecule has 4 rings (SSSR count). The zero-order valence-electron chi connectivity index (χ0n) is 14.2. The number of fused-ring (bicyclic) bond motifs is 1. The molecule has 0 saturated carbocycles. The molecule has 0 fully saturated rings. The largest absolute Gasteiger partial charge is 0.377 e. The summed E-state index contributed by atoms with van der Waals surface area (Å²) < 4.78 is 33.0. The molecule has 2 heterocycles. The van der Waals surface area contributed by atoms with Crippen molar-refractivity contribution in [2.24, 2.45) is 0 Å². The summed E-state index contributed by atoms with van der Waals surface area (Å²) in [7, 11) is -2.10. The first-order valence-electron chi connectivity index (χ1n) is 8.29. The quantitative estimate of drug-likeness (QED) is 0.706. The molecule has 2 aromatic heterocycles.